The molecule has 1 aliphatic heterocycles. The van der Waals surface area contributed by atoms with Crippen LogP contribution in [-0.2, 0) is 21.2 Å². The second-order valence-corrected chi connectivity index (χ2v) is 9.66. The zero-order chi connectivity index (χ0) is 25.9. The highest BCUT2D eigenvalue weighted by Crippen LogP contribution is 2.42. The average Bonchev–Trinajstić information content (AvgIpc) is 3.16. The van der Waals surface area contributed by atoms with Gasteiger partial charge in [0.1, 0.15) is 0 Å². The summed E-state index contributed by atoms with van der Waals surface area (Å²) in [5.41, 5.74) is 0.958. The maximum absolute atomic E-state index is 13.4. The highest BCUT2D eigenvalue weighted by Gasteiger charge is 2.43. The van der Waals surface area contributed by atoms with Crippen molar-refractivity contribution in [1.29, 1.82) is 0 Å². The molecular weight excluding hydrogens is 496 g/mol. The molecule has 0 bridgehead atoms. The summed E-state index contributed by atoms with van der Waals surface area (Å²) in [4.78, 5) is 14.5. The maximum Gasteiger partial charge on any atom is 0.586 e. The number of likely N-dealkylation sites (N-methyl/N-ethyl adjacent to an activating group) is 1. The third-order valence-corrected chi connectivity index (χ3v) is 6.79. The van der Waals surface area contributed by atoms with Crippen LogP contribution in [0.4, 0.5) is 14.5 Å². The lowest BCUT2D eigenvalue weighted by atomic mass is 10.0. The molecule has 12 heteroatoms. The van der Waals surface area contributed by atoms with Crippen LogP contribution in [-0.4, -0.2) is 45.2 Å². The Kier molecular flexibility index (Phi) is 7.22. The van der Waals surface area contributed by atoms with Gasteiger partial charge in [-0.3, -0.25) is 10.1 Å². The number of aliphatic hydroxyl groups excluding tert-OH is 1. The zero-order valence-corrected chi connectivity index (χ0v) is 19.8. The van der Waals surface area contributed by atoms with Gasteiger partial charge in [0, 0.05) is 18.8 Å². The fourth-order valence-electron chi connectivity index (χ4n) is 3.61. The second kappa shape index (κ2) is 10.2. The minimum absolute atomic E-state index is 0.0638. The van der Waals surface area contributed by atoms with Gasteiger partial charge in [-0.25, -0.2) is 8.42 Å². The molecule has 0 fully saturated rings. The van der Waals surface area contributed by atoms with E-state index in [9.17, 15) is 27.1 Å². The van der Waals surface area contributed by atoms with Crippen molar-refractivity contribution in [2.75, 3.05) is 11.9 Å². The van der Waals surface area contributed by atoms with Gasteiger partial charge in [-0.1, -0.05) is 48.5 Å². The van der Waals surface area contributed by atoms with Gasteiger partial charge in [-0.15, -0.1) is 8.78 Å². The van der Waals surface area contributed by atoms with Crippen LogP contribution in [0.1, 0.15) is 5.56 Å². The van der Waals surface area contributed by atoms with Gasteiger partial charge in [-0.05, 0) is 36.2 Å². The summed E-state index contributed by atoms with van der Waals surface area (Å²) >= 11 is 0. The van der Waals surface area contributed by atoms with E-state index in [1.54, 1.807) is 36.4 Å². The number of carbonyl (C=O) groups is 1. The fraction of sp³-hybridized carbons (Fsp3) is 0.208. The first-order valence-corrected chi connectivity index (χ1v) is 12.3. The number of sulfonamides is 1. The summed E-state index contributed by atoms with van der Waals surface area (Å²) < 4.78 is 62.8. The molecule has 1 unspecified atom stereocenters. The van der Waals surface area contributed by atoms with Crippen LogP contribution in [0, 0.1) is 0 Å². The van der Waals surface area contributed by atoms with Gasteiger partial charge in [0.15, 0.2) is 17.9 Å². The largest absolute Gasteiger partial charge is 0.586 e. The lowest BCUT2D eigenvalue weighted by Crippen LogP contribution is -2.55. The average molecular weight is 520 g/mol. The van der Waals surface area contributed by atoms with Gasteiger partial charge >= 0.3 is 6.29 Å². The minimum Gasteiger partial charge on any atom is -0.395 e. The van der Waals surface area contributed by atoms with Gasteiger partial charge in [0.2, 0.25) is 15.9 Å². The minimum atomic E-state index is -4.08. The molecule has 3 aromatic rings. The van der Waals surface area contributed by atoms with E-state index in [4.69, 9.17) is 0 Å². The lowest BCUT2D eigenvalue weighted by molar-refractivity contribution is -0.286. The normalized spacial score (nSPS) is 15.8. The number of rotatable bonds is 9. The maximum atomic E-state index is 13.4. The summed E-state index contributed by atoms with van der Waals surface area (Å²) in [6.07, 6.45) is -5.52. The number of benzene rings is 3. The molecule has 0 aliphatic carbocycles. The molecule has 0 saturated heterocycles. The van der Waals surface area contributed by atoms with E-state index in [0.717, 1.165) is 5.56 Å². The number of hydrogen-bond acceptors (Lipinski definition) is 7. The number of halogens is 2. The van der Waals surface area contributed by atoms with E-state index in [2.05, 4.69) is 19.5 Å². The smallest absolute Gasteiger partial charge is 0.395 e. The first kappa shape index (κ1) is 25.5. The van der Waals surface area contributed by atoms with Gasteiger partial charge in [0.25, 0.3) is 0 Å². The number of aliphatic hydroxyl groups is 1. The predicted octanol–water partition coefficient (Wildman–Crippen LogP) is 2.43. The first-order chi connectivity index (χ1) is 17.0. The van der Waals surface area contributed by atoms with Crippen molar-refractivity contribution in [1.82, 2.24) is 10.0 Å². The van der Waals surface area contributed by atoms with Crippen molar-refractivity contribution in [3.8, 4) is 11.5 Å². The second-order valence-electron chi connectivity index (χ2n) is 7.94. The van der Waals surface area contributed by atoms with Crippen LogP contribution in [0.3, 0.4) is 0 Å². The number of hydrogen-bond donors (Lipinski definition) is 3. The highest BCUT2D eigenvalue weighted by atomic mass is 32.2. The van der Waals surface area contributed by atoms with Crippen LogP contribution in [0.15, 0.2) is 83.8 Å². The van der Waals surface area contributed by atoms with E-state index >= 15 is 0 Å². The Morgan fingerprint density at radius 3 is 2.28 bits per heavy atom. The summed E-state index contributed by atoms with van der Waals surface area (Å²) in [5.74, 6) is -0.975. The number of nitrogens with one attached hydrogen (secondary N) is 2. The van der Waals surface area contributed by atoms with Crippen molar-refractivity contribution in [3.63, 3.8) is 0 Å². The molecule has 1 aliphatic rings. The van der Waals surface area contributed by atoms with Crippen molar-refractivity contribution in [3.05, 3.63) is 84.4 Å². The number of anilines is 1. The molecule has 0 radical (unpaired) electrons. The van der Waals surface area contributed by atoms with E-state index in [-0.39, 0.29) is 28.5 Å². The first-order valence-electron chi connectivity index (χ1n) is 10.8. The van der Waals surface area contributed by atoms with Crippen molar-refractivity contribution in [2.24, 2.45) is 0 Å². The van der Waals surface area contributed by atoms with Crippen LogP contribution < -0.4 is 24.4 Å². The molecule has 3 aromatic carbocycles. The Bertz CT molecular complexity index is 1330. The number of alkyl halides is 2. The molecule has 36 heavy (non-hydrogen) atoms. The molecule has 3 N–H and O–H groups in total. The number of ether oxygens (including phenoxy) is 2. The predicted molar refractivity (Wildman–Crippen MR) is 126 cm³/mol. The molecule has 1 heterocycles. The highest BCUT2D eigenvalue weighted by molar-refractivity contribution is 7.89. The SMILES string of the molecule is CN(C(=O)[C@H](Cc1ccccc1)NC(O)NS(=O)(=O)c1ccccc1)c1ccc2c(c1)OC(F)(F)O2. The zero-order valence-electron chi connectivity index (χ0n) is 19.0. The monoisotopic (exact) mass is 519 g/mol. The topological polar surface area (TPSA) is 117 Å². The molecule has 1 amide bonds. The van der Waals surface area contributed by atoms with E-state index < -0.39 is 34.6 Å². The van der Waals surface area contributed by atoms with Crippen LogP contribution in [0.25, 0.3) is 0 Å². The van der Waals surface area contributed by atoms with E-state index in [0.29, 0.717) is 0 Å². The molecule has 0 saturated carbocycles. The molecule has 0 spiro atoms. The third-order valence-electron chi connectivity index (χ3n) is 5.36. The summed E-state index contributed by atoms with van der Waals surface area (Å²) in [5, 5.41) is 13.1. The molecule has 2 atom stereocenters. The Hall–Kier alpha value is -3.58. The number of carbonyl (C=O) groups excluding carboxylic acids is 1. The van der Waals surface area contributed by atoms with E-state index in [1.807, 2.05) is 0 Å². The third kappa shape index (κ3) is 5.97. The number of fused-ring (bicyclic) bond motifs is 1. The lowest BCUT2D eigenvalue weighted by Gasteiger charge is -2.27. The summed E-state index contributed by atoms with van der Waals surface area (Å²) in [6.45, 7) is 0. The van der Waals surface area contributed by atoms with Crippen LogP contribution in [0.5, 0.6) is 11.5 Å². The summed E-state index contributed by atoms with van der Waals surface area (Å²) in [6, 6.07) is 19.1. The Morgan fingerprint density at radius 1 is 1.00 bits per heavy atom. The Labute approximate surface area is 206 Å². The van der Waals surface area contributed by atoms with Crippen molar-refractivity contribution >= 4 is 21.6 Å². The quantitative estimate of drug-likeness (QED) is 0.372. The Morgan fingerprint density at radius 2 is 1.61 bits per heavy atom. The molecule has 4 rings (SSSR count). The van der Waals surface area contributed by atoms with Crippen molar-refractivity contribution in [2.45, 2.75) is 30.0 Å². The standard InChI is InChI=1S/C24H23F2N3O6S/c1-29(17-12-13-20-21(15-17)35-24(25,26)34-20)22(30)19(14-16-8-4-2-5-9-16)27-23(31)28-36(32,33)18-10-6-3-7-11-18/h2-13,15,19,23,27-28,31H,14H2,1H3/t19-,23?/m0/s1. The van der Waals surface area contributed by atoms with Crippen LogP contribution in [0.2, 0.25) is 0 Å². The van der Waals surface area contributed by atoms with Gasteiger partial charge < -0.3 is 19.5 Å². The summed E-state index contributed by atoms with van der Waals surface area (Å²) in [7, 11) is -2.67. The number of amides is 1. The molecule has 190 valence electrons. The molecule has 9 nitrogen and oxygen atoms in total. The van der Waals surface area contributed by atoms with E-state index in [1.165, 1.54) is 54.4 Å². The number of nitrogens with zero attached hydrogens (tertiary/aromatic N) is 1. The van der Waals surface area contributed by atoms with Crippen LogP contribution >= 0.6 is 0 Å². The molecule has 0 aromatic heterocycles. The van der Waals surface area contributed by atoms with Gasteiger partial charge in [0.05, 0.1) is 10.9 Å². The Balaban J connectivity index is 1.54. The molecular formula is C24H23F2N3O6S. The fourth-order valence-corrected chi connectivity index (χ4v) is 4.63. The van der Waals surface area contributed by atoms with Gasteiger partial charge in [-0.2, -0.15) is 4.72 Å². The van der Waals surface area contributed by atoms with Crippen molar-refractivity contribution < 1.29 is 36.6 Å².